The minimum atomic E-state index is -0.674. The van der Waals surface area contributed by atoms with Crippen LogP contribution in [-0.2, 0) is 11.3 Å². The summed E-state index contributed by atoms with van der Waals surface area (Å²) in [5.41, 5.74) is 0.104. The van der Waals surface area contributed by atoms with Gasteiger partial charge in [-0.2, -0.15) is 0 Å². The predicted molar refractivity (Wildman–Crippen MR) is 65.3 cm³/mol. The van der Waals surface area contributed by atoms with E-state index in [2.05, 4.69) is 0 Å². The van der Waals surface area contributed by atoms with Gasteiger partial charge in [-0.25, -0.2) is 9.59 Å². The van der Waals surface area contributed by atoms with Gasteiger partial charge in [0.25, 0.3) is 0 Å². The average molecular weight is 244 g/mol. The Balaban J connectivity index is 2.06. The third kappa shape index (κ3) is 2.85. The molecular weight excluding hydrogens is 232 g/mol. The van der Waals surface area contributed by atoms with Crippen molar-refractivity contribution in [3.63, 3.8) is 0 Å². The molecule has 4 heteroatoms. The van der Waals surface area contributed by atoms with Crippen molar-refractivity contribution in [3.8, 4) is 0 Å². The molecule has 0 N–H and O–H groups in total. The van der Waals surface area contributed by atoms with Crippen LogP contribution in [0.1, 0.15) is 21.7 Å². The number of hydrogen-bond donors (Lipinski definition) is 0. The molecule has 2 rings (SSSR count). The zero-order valence-electron chi connectivity index (χ0n) is 9.88. The number of ether oxygens (including phenoxy) is 1. The highest BCUT2D eigenvalue weighted by Gasteiger charge is 2.13. The van der Waals surface area contributed by atoms with E-state index in [1.54, 1.807) is 13.0 Å². The summed E-state index contributed by atoms with van der Waals surface area (Å²) < 4.78 is 9.86. The molecule has 0 unspecified atom stereocenters. The zero-order chi connectivity index (χ0) is 13.0. The molecule has 1 aromatic carbocycles. The topological polar surface area (TPSA) is 56.5 Å². The highest BCUT2D eigenvalue weighted by atomic mass is 16.5. The first-order valence-corrected chi connectivity index (χ1v) is 5.48. The number of esters is 1. The summed E-state index contributed by atoms with van der Waals surface area (Å²) in [6, 6.07) is 12.2. The quantitative estimate of drug-likeness (QED) is 0.777. The van der Waals surface area contributed by atoms with Crippen molar-refractivity contribution in [3.05, 3.63) is 69.8 Å². The van der Waals surface area contributed by atoms with Crippen molar-refractivity contribution >= 4 is 5.97 Å². The smallest absolute Gasteiger partial charge is 0.350 e. The number of hydrogen-bond acceptors (Lipinski definition) is 4. The molecule has 2 aromatic rings. The number of aryl methyl sites for hydroxylation is 1. The van der Waals surface area contributed by atoms with Crippen LogP contribution in [0.25, 0.3) is 0 Å². The molecular formula is C14H12O4. The molecule has 0 bridgehead atoms. The van der Waals surface area contributed by atoms with Gasteiger partial charge in [-0.1, -0.05) is 30.3 Å². The Morgan fingerprint density at radius 1 is 1.17 bits per heavy atom. The molecule has 0 aliphatic rings. The molecule has 0 fully saturated rings. The molecule has 0 radical (unpaired) electrons. The highest BCUT2D eigenvalue weighted by Crippen LogP contribution is 2.04. The summed E-state index contributed by atoms with van der Waals surface area (Å²) in [5, 5.41) is 0. The second kappa shape index (κ2) is 5.31. The largest absolute Gasteiger partial charge is 0.457 e. The van der Waals surface area contributed by atoms with E-state index in [1.165, 1.54) is 6.07 Å². The monoisotopic (exact) mass is 244 g/mol. The first kappa shape index (κ1) is 12.1. The van der Waals surface area contributed by atoms with Crippen molar-refractivity contribution in [2.24, 2.45) is 0 Å². The van der Waals surface area contributed by atoms with Gasteiger partial charge >= 0.3 is 11.6 Å². The van der Waals surface area contributed by atoms with Crippen LogP contribution in [0.3, 0.4) is 0 Å². The first-order valence-electron chi connectivity index (χ1n) is 5.48. The van der Waals surface area contributed by atoms with Gasteiger partial charge in [0, 0.05) is 0 Å². The second-order valence-electron chi connectivity index (χ2n) is 3.81. The molecule has 1 aromatic heterocycles. The van der Waals surface area contributed by atoms with Crippen molar-refractivity contribution in [1.29, 1.82) is 0 Å². The Hall–Kier alpha value is -2.36. The van der Waals surface area contributed by atoms with Crippen molar-refractivity contribution in [2.45, 2.75) is 13.5 Å². The van der Waals surface area contributed by atoms with Gasteiger partial charge in [0.05, 0.1) is 0 Å². The van der Waals surface area contributed by atoms with E-state index in [4.69, 9.17) is 9.15 Å². The van der Waals surface area contributed by atoms with Gasteiger partial charge < -0.3 is 9.15 Å². The van der Waals surface area contributed by atoms with Crippen LogP contribution in [-0.4, -0.2) is 5.97 Å². The molecule has 0 atom stereocenters. The van der Waals surface area contributed by atoms with Crippen molar-refractivity contribution in [2.75, 3.05) is 0 Å². The lowest BCUT2D eigenvalue weighted by Crippen LogP contribution is -2.16. The Bertz CT molecular complexity index is 599. The Labute approximate surface area is 104 Å². The van der Waals surface area contributed by atoms with E-state index in [1.807, 2.05) is 30.3 Å². The third-order valence-electron chi connectivity index (χ3n) is 2.39. The number of carbonyl (C=O) groups excluding carboxylic acids is 1. The fourth-order valence-electron chi connectivity index (χ4n) is 1.46. The summed E-state index contributed by atoms with van der Waals surface area (Å²) in [6.45, 7) is 1.77. The normalized spacial score (nSPS) is 10.1. The maximum atomic E-state index is 11.7. The van der Waals surface area contributed by atoms with E-state index >= 15 is 0 Å². The zero-order valence-corrected chi connectivity index (χ0v) is 9.88. The lowest BCUT2D eigenvalue weighted by molar-refractivity contribution is 0.0467. The fraction of sp³-hybridized carbons (Fsp3) is 0.143. The molecule has 0 saturated heterocycles. The Morgan fingerprint density at radius 3 is 2.56 bits per heavy atom. The SMILES string of the molecule is Cc1ccc(C(=O)OCc2ccccc2)c(=O)o1. The minimum Gasteiger partial charge on any atom is -0.457 e. The molecule has 0 aliphatic heterocycles. The third-order valence-corrected chi connectivity index (χ3v) is 2.39. The second-order valence-corrected chi connectivity index (χ2v) is 3.81. The molecule has 4 nitrogen and oxygen atoms in total. The van der Waals surface area contributed by atoms with Crippen LogP contribution in [0.2, 0.25) is 0 Å². The maximum Gasteiger partial charge on any atom is 0.350 e. The molecule has 18 heavy (non-hydrogen) atoms. The molecule has 0 amide bonds. The fourth-order valence-corrected chi connectivity index (χ4v) is 1.46. The van der Waals surface area contributed by atoms with E-state index in [0.717, 1.165) is 5.56 Å². The predicted octanol–water partition coefficient (Wildman–Crippen LogP) is 2.31. The average Bonchev–Trinajstić information content (AvgIpc) is 2.37. The van der Waals surface area contributed by atoms with Crippen LogP contribution in [0.15, 0.2) is 51.7 Å². The number of rotatable bonds is 3. The van der Waals surface area contributed by atoms with Crippen LogP contribution in [0, 0.1) is 6.92 Å². The van der Waals surface area contributed by atoms with Gasteiger partial charge in [0.15, 0.2) is 0 Å². The van der Waals surface area contributed by atoms with E-state index in [9.17, 15) is 9.59 Å². The van der Waals surface area contributed by atoms with Gasteiger partial charge in [-0.05, 0) is 24.6 Å². The van der Waals surface area contributed by atoms with Crippen molar-refractivity contribution < 1.29 is 13.9 Å². The van der Waals surface area contributed by atoms with Gasteiger partial charge in [0.1, 0.15) is 17.9 Å². The van der Waals surface area contributed by atoms with Gasteiger partial charge in [-0.15, -0.1) is 0 Å². The summed E-state index contributed by atoms with van der Waals surface area (Å²) in [4.78, 5) is 23.1. The summed E-state index contributed by atoms with van der Waals surface area (Å²) >= 11 is 0. The summed E-state index contributed by atoms with van der Waals surface area (Å²) in [6.07, 6.45) is 0. The van der Waals surface area contributed by atoms with E-state index in [-0.39, 0.29) is 12.2 Å². The Morgan fingerprint density at radius 2 is 1.89 bits per heavy atom. The lowest BCUT2D eigenvalue weighted by Gasteiger charge is -2.03. The van der Waals surface area contributed by atoms with Crippen LogP contribution in [0.4, 0.5) is 0 Å². The molecule has 0 spiro atoms. The van der Waals surface area contributed by atoms with Crippen LogP contribution >= 0.6 is 0 Å². The molecule has 0 saturated carbocycles. The standard InChI is InChI=1S/C14H12O4/c1-10-7-8-12(14(16)18-10)13(15)17-9-11-5-3-2-4-6-11/h2-8H,9H2,1H3. The van der Waals surface area contributed by atoms with Gasteiger partial charge in [-0.3, -0.25) is 0 Å². The van der Waals surface area contributed by atoms with Crippen LogP contribution < -0.4 is 5.63 Å². The minimum absolute atomic E-state index is 0.0865. The summed E-state index contributed by atoms with van der Waals surface area (Å²) in [7, 11) is 0. The maximum absolute atomic E-state index is 11.7. The van der Waals surface area contributed by atoms with E-state index < -0.39 is 11.6 Å². The van der Waals surface area contributed by atoms with Gasteiger partial charge in [0.2, 0.25) is 0 Å². The number of benzene rings is 1. The lowest BCUT2D eigenvalue weighted by atomic mass is 10.2. The molecule has 0 aliphatic carbocycles. The van der Waals surface area contributed by atoms with Crippen LogP contribution in [0.5, 0.6) is 0 Å². The van der Waals surface area contributed by atoms with E-state index in [0.29, 0.717) is 5.76 Å². The Kier molecular flexibility index (Phi) is 3.57. The van der Waals surface area contributed by atoms with Crippen molar-refractivity contribution in [1.82, 2.24) is 0 Å². The molecule has 92 valence electrons. The molecule has 1 heterocycles. The first-order chi connectivity index (χ1) is 8.66. The highest BCUT2D eigenvalue weighted by molar-refractivity contribution is 5.88. The summed E-state index contributed by atoms with van der Waals surface area (Å²) in [5.74, 6) is -0.216. The number of carbonyl (C=O) groups is 1.